The van der Waals surface area contributed by atoms with Crippen molar-refractivity contribution in [2.24, 2.45) is 0 Å². The van der Waals surface area contributed by atoms with Crippen molar-refractivity contribution in [1.29, 1.82) is 0 Å². The highest BCUT2D eigenvalue weighted by Gasteiger charge is 2.05. The molecule has 132 valence electrons. The van der Waals surface area contributed by atoms with Gasteiger partial charge in [-0.15, -0.1) is 0 Å². The number of rotatable bonds is 8. The molecular formula is C18H22N4O2S. The van der Waals surface area contributed by atoms with Crippen LogP contribution in [0.3, 0.4) is 0 Å². The van der Waals surface area contributed by atoms with Gasteiger partial charge in [0, 0.05) is 36.7 Å². The molecule has 0 bridgehead atoms. The van der Waals surface area contributed by atoms with Crippen LogP contribution in [0.1, 0.15) is 24.0 Å². The van der Waals surface area contributed by atoms with Gasteiger partial charge in [-0.25, -0.2) is 9.97 Å². The first-order valence-electron chi connectivity index (χ1n) is 8.06. The predicted molar refractivity (Wildman–Crippen MR) is 102 cm³/mol. The Hall–Kier alpha value is -2.41. The van der Waals surface area contributed by atoms with E-state index < -0.39 is 0 Å². The van der Waals surface area contributed by atoms with Crippen LogP contribution in [0, 0.1) is 13.8 Å². The van der Waals surface area contributed by atoms with Gasteiger partial charge in [-0.05, 0) is 37.1 Å². The normalized spacial score (nSPS) is 10.3. The summed E-state index contributed by atoms with van der Waals surface area (Å²) in [6.07, 6.45) is 4.21. The fraction of sp³-hybridized carbons (Fsp3) is 0.333. The Morgan fingerprint density at radius 1 is 0.840 bits per heavy atom. The molecule has 2 N–H and O–H groups in total. The van der Waals surface area contributed by atoms with E-state index in [1.165, 1.54) is 0 Å². The molecule has 2 heterocycles. The third-order valence-electron chi connectivity index (χ3n) is 3.30. The quantitative estimate of drug-likeness (QED) is 0.708. The maximum absolute atomic E-state index is 11.8. The molecule has 0 fully saturated rings. The average molecular weight is 358 g/mol. The van der Waals surface area contributed by atoms with Crippen molar-refractivity contribution in [3.63, 3.8) is 0 Å². The van der Waals surface area contributed by atoms with E-state index in [1.54, 1.807) is 36.3 Å². The summed E-state index contributed by atoms with van der Waals surface area (Å²) in [6, 6.07) is 7.37. The number of hydrogen-bond donors (Lipinski definition) is 2. The number of carbonyl (C=O) groups excluding carboxylic acids is 2. The van der Waals surface area contributed by atoms with Crippen LogP contribution in [0.15, 0.2) is 36.7 Å². The molecule has 2 amide bonds. The summed E-state index contributed by atoms with van der Waals surface area (Å²) in [5, 5.41) is 5.51. The lowest BCUT2D eigenvalue weighted by atomic mass is 10.3. The number of thioether (sulfide) groups is 1. The van der Waals surface area contributed by atoms with Gasteiger partial charge >= 0.3 is 0 Å². The predicted octanol–water partition coefficient (Wildman–Crippen LogP) is 3.18. The molecule has 0 saturated carbocycles. The SMILES string of the molecule is Cc1ccc(NC(=O)CCSCCC(=O)Nc2ccc(C)cn2)nc1. The zero-order chi connectivity index (χ0) is 18.1. The van der Waals surface area contributed by atoms with Crippen LogP contribution in [0.5, 0.6) is 0 Å². The summed E-state index contributed by atoms with van der Waals surface area (Å²) in [5.41, 5.74) is 2.10. The van der Waals surface area contributed by atoms with Gasteiger partial charge in [0.1, 0.15) is 11.6 Å². The highest BCUT2D eigenvalue weighted by atomic mass is 32.2. The van der Waals surface area contributed by atoms with E-state index in [9.17, 15) is 9.59 Å². The van der Waals surface area contributed by atoms with Gasteiger partial charge in [0.05, 0.1) is 0 Å². The number of carbonyl (C=O) groups is 2. The number of hydrogen-bond acceptors (Lipinski definition) is 5. The summed E-state index contributed by atoms with van der Waals surface area (Å²) in [6.45, 7) is 3.89. The Balaban J connectivity index is 1.57. The van der Waals surface area contributed by atoms with Crippen LogP contribution in [0.4, 0.5) is 11.6 Å². The van der Waals surface area contributed by atoms with Crippen molar-refractivity contribution < 1.29 is 9.59 Å². The molecular weight excluding hydrogens is 336 g/mol. The lowest BCUT2D eigenvalue weighted by molar-refractivity contribution is -0.116. The molecule has 0 radical (unpaired) electrons. The standard InChI is InChI=1S/C18H22N4O2S/c1-13-3-5-15(19-11-13)21-17(23)7-9-25-10-8-18(24)22-16-6-4-14(2)12-20-16/h3-6,11-12H,7-10H2,1-2H3,(H,19,21,23)(H,20,22,24). The molecule has 7 heteroatoms. The molecule has 0 unspecified atom stereocenters. The van der Waals surface area contributed by atoms with E-state index >= 15 is 0 Å². The van der Waals surface area contributed by atoms with Gasteiger partial charge in [0.25, 0.3) is 0 Å². The molecule has 2 aromatic heterocycles. The van der Waals surface area contributed by atoms with Crippen LogP contribution in [-0.4, -0.2) is 33.3 Å². The fourth-order valence-electron chi connectivity index (χ4n) is 1.93. The van der Waals surface area contributed by atoms with E-state index in [0.29, 0.717) is 36.0 Å². The lowest BCUT2D eigenvalue weighted by Crippen LogP contribution is -2.14. The van der Waals surface area contributed by atoms with Crippen molar-refractivity contribution in [3.8, 4) is 0 Å². The van der Waals surface area contributed by atoms with Crippen molar-refractivity contribution in [2.45, 2.75) is 26.7 Å². The number of amides is 2. The highest BCUT2D eigenvalue weighted by Crippen LogP contribution is 2.09. The topological polar surface area (TPSA) is 84.0 Å². The Kier molecular flexibility index (Phi) is 7.40. The zero-order valence-electron chi connectivity index (χ0n) is 14.4. The minimum atomic E-state index is -0.0721. The summed E-state index contributed by atoms with van der Waals surface area (Å²) >= 11 is 1.57. The van der Waals surface area contributed by atoms with Crippen LogP contribution >= 0.6 is 11.8 Å². The van der Waals surface area contributed by atoms with Gasteiger partial charge < -0.3 is 10.6 Å². The first-order chi connectivity index (χ1) is 12.0. The second-order valence-electron chi connectivity index (χ2n) is 5.65. The molecule has 0 aliphatic carbocycles. The maximum atomic E-state index is 11.8. The summed E-state index contributed by atoms with van der Waals surface area (Å²) in [4.78, 5) is 31.9. The Labute approximate surface area is 151 Å². The maximum Gasteiger partial charge on any atom is 0.226 e. The number of anilines is 2. The van der Waals surface area contributed by atoms with Crippen LogP contribution in [0.25, 0.3) is 0 Å². The smallest absolute Gasteiger partial charge is 0.226 e. The minimum absolute atomic E-state index is 0.0721. The highest BCUT2D eigenvalue weighted by molar-refractivity contribution is 7.99. The lowest BCUT2D eigenvalue weighted by Gasteiger charge is -2.06. The van der Waals surface area contributed by atoms with Crippen LogP contribution in [0.2, 0.25) is 0 Å². The Bertz CT molecular complexity index is 641. The molecule has 2 rings (SSSR count). The van der Waals surface area contributed by atoms with E-state index in [0.717, 1.165) is 11.1 Å². The van der Waals surface area contributed by atoms with Crippen molar-refractivity contribution >= 4 is 35.2 Å². The van der Waals surface area contributed by atoms with Gasteiger partial charge in [0.2, 0.25) is 11.8 Å². The third kappa shape index (κ3) is 7.34. The van der Waals surface area contributed by atoms with Crippen molar-refractivity contribution in [1.82, 2.24) is 9.97 Å². The van der Waals surface area contributed by atoms with Gasteiger partial charge in [-0.2, -0.15) is 11.8 Å². The summed E-state index contributed by atoms with van der Waals surface area (Å²) in [5.74, 6) is 2.30. The largest absolute Gasteiger partial charge is 0.311 e. The summed E-state index contributed by atoms with van der Waals surface area (Å²) in [7, 11) is 0. The molecule has 0 saturated heterocycles. The second-order valence-corrected chi connectivity index (χ2v) is 6.88. The number of nitrogens with one attached hydrogen (secondary N) is 2. The second kappa shape index (κ2) is 9.78. The number of pyridine rings is 2. The van der Waals surface area contributed by atoms with Gasteiger partial charge in [-0.1, -0.05) is 12.1 Å². The van der Waals surface area contributed by atoms with Crippen molar-refractivity contribution in [2.75, 3.05) is 22.1 Å². The van der Waals surface area contributed by atoms with E-state index in [-0.39, 0.29) is 11.8 Å². The monoisotopic (exact) mass is 358 g/mol. The van der Waals surface area contributed by atoms with Crippen LogP contribution < -0.4 is 10.6 Å². The van der Waals surface area contributed by atoms with Crippen LogP contribution in [-0.2, 0) is 9.59 Å². The summed E-state index contributed by atoms with van der Waals surface area (Å²) < 4.78 is 0. The third-order valence-corrected chi connectivity index (χ3v) is 4.29. The molecule has 6 nitrogen and oxygen atoms in total. The minimum Gasteiger partial charge on any atom is -0.311 e. The zero-order valence-corrected chi connectivity index (χ0v) is 15.2. The fourth-order valence-corrected chi connectivity index (χ4v) is 2.79. The molecule has 0 atom stereocenters. The average Bonchev–Trinajstić information content (AvgIpc) is 2.59. The van der Waals surface area contributed by atoms with Gasteiger partial charge in [-0.3, -0.25) is 9.59 Å². The van der Waals surface area contributed by atoms with Gasteiger partial charge in [0.15, 0.2) is 0 Å². The molecule has 25 heavy (non-hydrogen) atoms. The first kappa shape index (κ1) is 18.9. The Morgan fingerprint density at radius 2 is 1.28 bits per heavy atom. The van der Waals surface area contributed by atoms with E-state index in [4.69, 9.17) is 0 Å². The molecule has 0 spiro atoms. The molecule has 0 aromatic carbocycles. The van der Waals surface area contributed by atoms with Crippen molar-refractivity contribution in [3.05, 3.63) is 47.8 Å². The Morgan fingerprint density at radius 3 is 1.64 bits per heavy atom. The van der Waals surface area contributed by atoms with E-state index in [2.05, 4.69) is 20.6 Å². The molecule has 0 aliphatic heterocycles. The number of nitrogens with zero attached hydrogens (tertiary/aromatic N) is 2. The number of aromatic nitrogens is 2. The number of aryl methyl sites for hydroxylation is 2. The molecule has 0 aliphatic rings. The first-order valence-corrected chi connectivity index (χ1v) is 9.21. The van der Waals surface area contributed by atoms with E-state index in [1.807, 2.05) is 26.0 Å². The molecule has 2 aromatic rings.